The number of H-pyrrole nitrogens is 2. The number of aromatic nitrogens is 2. The number of benzene rings is 1. The van der Waals surface area contributed by atoms with Gasteiger partial charge in [-0.05, 0) is 24.1 Å². The van der Waals surface area contributed by atoms with E-state index in [4.69, 9.17) is 11.6 Å². The summed E-state index contributed by atoms with van der Waals surface area (Å²) in [4.78, 5) is 27.4. The molecule has 0 amide bonds. The molecule has 2 N–H and O–H groups in total. The molecule has 4 nitrogen and oxygen atoms in total. The summed E-state index contributed by atoms with van der Waals surface area (Å²) < 4.78 is 0. The second-order valence-electron chi connectivity index (χ2n) is 3.97. The van der Waals surface area contributed by atoms with Gasteiger partial charge in [0.05, 0.1) is 16.4 Å². The minimum atomic E-state index is -0.642. The highest BCUT2D eigenvalue weighted by Gasteiger charge is 2.08. The number of hydrogen-bond donors (Lipinski definition) is 2. The van der Waals surface area contributed by atoms with Crippen molar-refractivity contribution >= 4 is 22.6 Å². The van der Waals surface area contributed by atoms with Crippen LogP contribution in [0, 0.1) is 0 Å². The minimum Gasteiger partial charge on any atom is -0.316 e. The Morgan fingerprint density at radius 3 is 2.47 bits per heavy atom. The predicted molar refractivity (Wildman–Crippen MR) is 68.7 cm³/mol. The summed E-state index contributed by atoms with van der Waals surface area (Å²) in [5.41, 5.74) is 0.883. The molecule has 1 aromatic carbocycles. The monoisotopic (exact) mass is 252 g/mol. The highest BCUT2D eigenvalue weighted by atomic mass is 35.5. The quantitative estimate of drug-likeness (QED) is 0.650. The summed E-state index contributed by atoms with van der Waals surface area (Å²) >= 11 is 6.21. The average Bonchev–Trinajstić information content (AvgIpc) is 2.30. The van der Waals surface area contributed by atoms with E-state index in [-0.39, 0.29) is 5.38 Å². The van der Waals surface area contributed by atoms with Gasteiger partial charge in [-0.3, -0.25) is 9.59 Å². The molecule has 0 fully saturated rings. The van der Waals surface area contributed by atoms with Crippen LogP contribution in [0.5, 0.6) is 0 Å². The molecule has 1 aromatic heterocycles. The van der Waals surface area contributed by atoms with Crippen LogP contribution in [-0.2, 0) is 0 Å². The number of rotatable bonds is 3. The molecule has 0 aliphatic heterocycles. The summed E-state index contributed by atoms with van der Waals surface area (Å²) in [7, 11) is 0. The van der Waals surface area contributed by atoms with Crippen LogP contribution in [0.2, 0.25) is 0 Å². The van der Waals surface area contributed by atoms with Gasteiger partial charge in [0.2, 0.25) is 0 Å². The Hall–Kier alpha value is -1.55. The van der Waals surface area contributed by atoms with E-state index in [0.717, 1.165) is 18.4 Å². The number of halogens is 1. The van der Waals surface area contributed by atoms with Crippen molar-refractivity contribution in [2.75, 3.05) is 0 Å². The molecule has 2 rings (SSSR count). The van der Waals surface area contributed by atoms with E-state index in [2.05, 4.69) is 16.9 Å². The SMILES string of the molecule is CCCC(Cl)c1ccc2[nH]c(=O)c(=O)[nH]c2c1. The highest BCUT2D eigenvalue weighted by Crippen LogP contribution is 2.26. The Morgan fingerprint density at radius 1 is 1.18 bits per heavy atom. The molecule has 1 heterocycles. The van der Waals surface area contributed by atoms with Crippen molar-refractivity contribution in [2.45, 2.75) is 25.1 Å². The minimum absolute atomic E-state index is 0.0696. The van der Waals surface area contributed by atoms with Gasteiger partial charge in [-0.25, -0.2) is 0 Å². The molecule has 17 heavy (non-hydrogen) atoms. The topological polar surface area (TPSA) is 65.7 Å². The number of nitrogens with one attached hydrogen (secondary N) is 2. The zero-order chi connectivity index (χ0) is 12.4. The third-order valence-corrected chi connectivity index (χ3v) is 3.12. The van der Waals surface area contributed by atoms with Crippen molar-refractivity contribution in [3.05, 3.63) is 44.5 Å². The van der Waals surface area contributed by atoms with Crippen LogP contribution < -0.4 is 11.1 Å². The van der Waals surface area contributed by atoms with E-state index in [9.17, 15) is 9.59 Å². The van der Waals surface area contributed by atoms with Crippen LogP contribution in [0.3, 0.4) is 0 Å². The lowest BCUT2D eigenvalue weighted by Crippen LogP contribution is -2.28. The maximum Gasteiger partial charge on any atom is 0.314 e. The van der Waals surface area contributed by atoms with E-state index >= 15 is 0 Å². The molecule has 1 unspecified atom stereocenters. The van der Waals surface area contributed by atoms with Gasteiger partial charge >= 0.3 is 11.1 Å². The average molecular weight is 253 g/mol. The fourth-order valence-electron chi connectivity index (χ4n) is 1.75. The fourth-order valence-corrected chi connectivity index (χ4v) is 2.10. The number of fused-ring (bicyclic) bond motifs is 1. The molecule has 0 bridgehead atoms. The summed E-state index contributed by atoms with van der Waals surface area (Å²) in [6, 6.07) is 5.43. The molecular weight excluding hydrogens is 240 g/mol. The van der Waals surface area contributed by atoms with Crippen LogP contribution in [0.25, 0.3) is 11.0 Å². The fraction of sp³-hybridized carbons (Fsp3) is 0.333. The molecule has 0 saturated heterocycles. The molecule has 1 atom stereocenters. The predicted octanol–water partition coefficient (Wildman–Crippen LogP) is 2.30. The molecule has 0 radical (unpaired) electrons. The van der Waals surface area contributed by atoms with E-state index in [1.807, 2.05) is 6.07 Å². The first kappa shape index (κ1) is 11.9. The van der Waals surface area contributed by atoms with E-state index in [0.29, 0.717) is 11.0 Å². The van der Waals surface area contributed by atoms with Gasteiger partial charge in [0.25, 0.3) is 0 Å². The molecule has 2 aromatic rings. The molecule has 0 spiro atoms. The maximum atomic E-state index is 11.2. The second kappa shape index (κ2) is 4.75. The van der Waals surface area contributed by atoms with Gasteiger partial charge in [0, 0.05) is 0 Å². The first-order valence-electron chi connectivity index (χ1n) is 5.52. The van der Waals surface area contributed by atoms with Crippen molar-refractivity contribution in [3.8, 4) is 0 Å². The first-order valence-corrected chi connectivity index (χ1v) is 5.95. The van der Waals surface area contributed by atoms with Crippen molar-refractivity contribution in [1.82, 2.24) is 9.97 Å². The number of aromatic amines is 2. The van der Waals surface area contributed by atoms with Crippen LogP contribution in [0.1, 0.15) is 30.7 Å². The summed E-state index contributed by atoms with van der Waals surface area (Å²) in [6.07, 6.45) is 1.87. The lowest BCUT2D eigenvalue weighted by Gasteiger charge is -2.08. The van der Waals surface area contributed by atoms with E-state index in [1.54, 1.807) is 12.1 Å². The largest absolute Gasteiger partial charge is 0.316 e. The molecular formula is C12H13ClN2O2. The van der Waals surface area contributed by atoms with Crippen molar-refractivity contribution in [1.29, 1.82) is 0 Å². The summed E-state index contributed by atoms with van der Waals surface area (Å²) in [6.45, 7) is 2.07. The van der Waals surface area contributed by atoms with Crippen LogP contribution in [0.4, 0.5) is 0 Å². The lowest BCUT2D eigenvalue weighted by atomic mass is 10.1. The van der Waals surface area contributed by atoms with Gasteiger partial charge < -0.3 is 9.97 Å². The zero-order valence-electron chi connectivity index (χ0n) is 9.42. The zero-order valence-corrected chi connectivity index (χ0v) is 10.2. The van der Waals surface area contributed by atoms with Gasteiger partial charge in [-0.2, -0.15) is 0 Å². The summed E-state index contributed by atoms with van der Waals surface area (Å²) in [5.74, 6) is 0. The number of hydrogen-bond acceptors (Lipinski definition) is 2. The Bertz CT molecular complexity index is 645. The van der Waals surface area contributed by atoms with Crippen molar-refractivity contribution in [3.63, 3.8) is 0 Å². The normalized spacial score (nSPS) is 12.8. The second-order valence-corrected chi connectivity index (χ2v) is 4.50. The highest BCUT2D eigenvalue weighted by molar-refractivity contribution is 6.20. The van der Waals surface area contributed by atoms with Crippen molar-refractivity contribution < 1.29 is 0 Å². The first-order chi connectivity index (χ1) is 8.11. The molecule has 5 heteroatoms. The number of alkyl halides is 1. The molecule has 0 saturated carbocycles. The summed E-state index contributed by atoms with van der Waals surface area (Å²) in [5, 5.41) is -0.0696. The Kier molecular flexibility index (Phi) is 3.33. The van der Waals surface area contributed by atoms with E-state index < -0.39 is 11.1 Å². The van der Waals surface area contributed by atoms with Gasteiger partial charge in [0.1, 0.15) is 0 Å². The Morgan fingerprint density at radius 2 is 1.82 bits per heavy atom. The smallest absolute Gasteiger partial charge is 0.314 e. The molecule has 0 aliphatic carbocycles. The molecule has 90 valence electrons. The van der Waals surface area contributed by atoms with Crippen LogP contribution in [0.15, 0.2) is 27.8 Å². The van der Waals surface area contributed by atoms with Gasteiger partial charge in [0.15, 0.2) is 0 Å². The molecule has 0 aliphatic rings. The van der Waals surface area contributed by atoms with Crippen molar-refractivity contribution in [2.24, 2.45) is 0 Å². The maximum absolute atomic E-state index is 11.2. The third kappa shape index (κ3) is 2.42. The van der Waals surface area contributed by atoms with Gasteiger partial charge in [-0.1, -0.05) is 19.4 Å². The lowest BCUT2D eigenvalue weighted by molar-refractivity contribution is 0.771. The standard InChI is InChI=1S/C12H13ClN2O2/c1-2-3-8(13)7-4-5-9-10(6-7)15-12(17)11(16)14-9/h4-6,8H,2-3H2,1H3,(H,14,16)(H,15,17). The Labute approximate surface area is 103 Å². The van der Waals surface area contributed by atoms with Crippen LogP contribution in [-0.4, -0.2) is 9.97 Å². The third-order valence-electron chi connectivity index (χ3n) is 2.65. The van der Waals surface area contributed by atoms with Gasteiger partial charge in [-0.15, -0.1) is 11.6 Å². The Balaban J connectivity index is 2.54. The van der Waals surface area contributed by atoms with Crippen LogP contribution >= 0.6 is 11.6 Å². The van der Waals surface area contributed by atoms with E-state index in [1.165, 1.54) is 0 Å².